The highest BCUT2D eigenvalue weighted by Gasteiger charge is 2.57. The summed E-state index contributed by atoms with van der Waals surface area (Å²) in [5, 5.41) is 0. The van der Waals surface area contributed by atoms with Crippen LogP contribution in [0.1, 0.15) is 494 Å². The molecule has 4 fully saturated rings. The molecule has 908 valence electrons. The van der Waals surface area contributed by atoms with Crippen molar-refractivity contribution < 1.29 is 93.1 Å². The zero-order valence-corrected chi connectivity index (χ0v) is 97.4. The van der Waals surface area contributed by atoms with E-state index in [2.05, 4.69) is 176 Å². The van der Waals surface area contributed by atoms with Gasteiger partial charge in [-0.25, -0.2) is 0 Å². The van der Waals surface area contributed by atoms with E-state index in [0.29, 0.717) is 43.5 Å². The van der Waals surface area contributed by atoms with Gasteiger partial charge in [0.25, 0.3) is 0 Å². The number of carbonyl (C=O) groups excluding carboxylic acids is 7. The molecule has 8 unspecified atom stereocenters. The first-order valence-corrected chi connectivity index (χ1v) is 65.7. The lowest BCUT2D eigenvalue weighted by molar-refractivity contribution is -0.236. The van der Waals surface area contributed by atoms with E-state index in [-0.39, 0.29) is 194 Å². The first-order chi connectivity index (χ1) is 59.3. The van der Waals surface area contributed by atoms with E-state index in [4.69, 9.17) is 28.4 Å². The molecule has 1 aromatic carbocycles. The Labute approximate surface area is 928 Å². The van der Waals surface area contributed by atoms with Gasteiger partial charge in [-0.05, 0) is 311 Å². The van der Waals surface area contributed by atoms with Gasteiger partial charge in [-0.15, -0.1) is 0 Å². The van der Waals surface area contributed by atoms with Gasteiger partial charge in [0.1, 0.15) is 17.3 Å². The summed E-state index contributed by atoms with van der Waals surface area (Å²) in [7, 11) is -3.83. The van der Waals surface area contributed by atoms with Crippen LogP contribution in [0.25, 0.3) is 0 Å². The van der Waals surface area contributed by atoms with Crippen LogP contribution in [0.4, 0.5) is 26.3 Å². The molecule has 5 rings (SSSR count). The van der Waals surface area contributed by atoms with E-state index in [1.54, 1.807) is 39.7 Å². The number of esters is 7. The Balaban J connectivity index is -0.0000000684. The average molecular weight is 2210 g/mol. The van der Waals surface area contributed by atoms with Crippen LogP contribution in [0.5, 0.6) is 0 Å². The number of hydrogen-bond donors (Lipinski definition) is 0. The molecular formula is C124H270F6O14Si4. The minimum absolute atomic E-state index is 0. The van der Waals surface area contributed by atoms with E-state index in [0.717, 1.165) is 113 Å². The monoisotopic (exact) mass is 2210 g/mol. The normalized spacial score (nSPS) is 17.6. The summed E-state index contributed by atoms with van der Waals surface area (Å²) in [4.78, 5) is 81.6. The molecule has 14 nitrogen and oxygen atoms in total. The molecule has 0 spiro atoms. The minimum atomic E-state index is -4.58. The van der Waals surface area contributed by atoms with Gasteiger partial charge in [-0.1, -0.05) is 362 Å². The first kappa shape index (κ1) is 191. The van der Waals surface area contributed by atoms with Crippen molar-refractivity contribution in [1.82, 2.24) is 0 Å². The van der Waals surface area contributed by atoms with Gasteiger partial charge in [0.05, 0.1) is 52.3 Å². The molecule has 1 aromatic rings. The summed E-state index contributed by atoms with van der Waals surface area (Å²) in [6.45, 7) is 92.9. The topological polar surface area (TPSA) is 184 Å². The van der Waals surface area contributed by atoms with Crippen molar-refractivity contribution in [2.45, 2.75) is 627 Å². The van der Waals surface area contributed by atoms with Crippen LogP contribution >= 0.6 is 0 Å². The summed E-state index contributed by atoms with van der Waals surface area (Å²) in [6.07, 6.45) is 10.5. The molecule has 0 heterocycles. The van der Waals surface area contributed by atoms with E-state index in [1.165, 1.54) is 96.7 Å². The van der Waals surface area contributed by atoms with Crippen molar-refractivity contribution in [3.63, 3.8) is 0 Å². The van der Waals surface area contributed by atoms with Gasteiger partial charge in [-0.3, -0.25) is 33.6 Å². The van der Waals surface area contributed by atoms with Crippen molar-refractivity contribution >= 4 is 74.1 Å². The Morgan fingerprint density at radius 2 is 0.696 bits per heavy atom. The van der Waals surface area contributed by atoms with Crippen molar-refractivity contribution in [2.75, 3.05) is 19.8 Å². The lowest BCUT2D eigenvalue weighted by Gasteiger charge is -2.38. The van der Waals surface area contributed by atoms with Crippen molar-refractivity contribution in [3.8, 4) is 0 Å². The molecule has 148 heavy (non-hydrogen) atoms. The van der Waals surface area contributed by atoms with E-state index < -0.39 is 79.1 Å². The molecule has 0 amide bonds. The van der Waals surface area contributed by atoms with E-state index in [9.17, 15) is 59.9 Å². The second-order valence-corrected chi connectivity index (χ2v) is 72.6. The van der Waals surface area contributed by atoms with Crippen LogP contribution in [-0.4, -0.2) is 130 Å². The van der Waals surface area contributed by atoms with Gasteiger partial charge >= 0.3 is 54.1 Å². The van der Waals surface area contributed by atoms with Gasteiger partial charge in [0, 0.05) is 32.3 Å². The molecule has 0 saturated heterocycles. The lowest BCUT2D eigenvalue weighted by Crippen LogP contribution is -2.45. The standard InChI is InChI=1S/C16H30O2.C15H28O2.C13H26Si.2C12H26O2Si.C11H24O2Si.C10H17F3O2.C10H14.C9H15F3O2.16CH4/c1-7-16(5,6)14(17)18-13-10-8-12(9-11-13)15(2,3)4;1-6-14(2,3)13(16)17-15(4,5)12-10-8-7-9-11-12;1-9-10(2)13-7-11(9)6-12(13)8-14(3,4)5;2*1-7-12(2,3)11(13)14-9-8-10-15(4,5)6;1-7-11(2,3)10(12)13-8-9-14(4,5)6;1-6-9(5,10(11,12)13)7(14)15-8(2,3)4;1-3-9(2)10-7-5-4-6-8-10;1-5-8(3,4)7(13)14-6(2)9(10,11)12;;;;;;;;;;;;;;;;/h12-13H,7-11H2,1-6H3;12H,6-11H2,1-5H3;9-13H,6-8H2,1-5H3;2*7-10H2,1-6H3;7-9H2,1-6H3;6H2,1-5H3;4-9H,3H2,1-2H3;6H,5H2,1-4H3;16*1H4. The highest BCUT2D eigenvalue weighted by Crippen LogP contribution is 2.57. The van der Waals surface area contributed by atoms with Gasteiger partial charge in [0.15, 0.2) is 11.5 Å². The van der Waals surface area contributed by atoms with Crippen LogP contribution in [0.15, 0.2) is 30.3 Å². The Kier molecular flexibility index (Phi) is 108. The fourth-order valence-electron chi connectivity index (χ4n) is 14.4. The Bertz CT molecular complexity index is 3360. The zero-order valence-electron chi connectivity index (χ0n) is 93.4. The molecule has 2 bridgehead atoms. The van der Waals surface area contributed by atoms with E-state index in [1.807, 2.05) is 104 Å². The molecule has 8 atom stereocenters. The lowest BCUT2D eigenvalue weighted by atomic mass is 9.72. The zero-order chi connectivity index (χ0) is 105. The molecule has 0 aliphatic heterocycles. The molecule has 4 aliphatic carbocycles. The summed E-state index contributed by atoms with van der Waals surface area (Å²) >= 11 is 0. The number of fused-ring (bicyclic) bond motifs is 2. The Morgan fingerprint density at radius 1 is 0.365 bits per heavy atom. The fraction of sp³-hybridized carbons (Fsp3) is 0.895. The maximum Gasteiger partial charge on any atom is 0.425 e. The van der Waals surface area contributed by atoms with Crippen LogP contribution in [0.2, 0.25) is 103 Å². The molecule has 24 heteroatoms. The molecule has 0 aromatic heterocycles. The van der Waals surface area contributed by atoms with Crippen LogP contribution in [-0.2, 0) is 66.7 Å². The van der Waals surface area contributed by atoms with E-state index >= 15 is 0 Å². The van der Waals surface area contributed by atoms with Gasteiger partial charge in [-0.2, -0.15) is 26.3 Å². The van der Waals surface area contributed by atoms with Crippen molar-refractivity contribution in [3.05, 3.63) is 35.9 Å². The third-order valence-corrected chi connectivity index (χ3v) is 35.4. The molecule has 4 saturated carbocycles. The quantitative estimate of drug-likeness (QED) is 0.0213. The highest BCUT2D eigenvalue weighted by atomic mass is 28.3. The Morgan fingerprint density at radius 3 is 0.980 bits per heavy atom. The number of ether oxygens (including phenoxy) is 7. The fourth-order valence-corrected chi connectivity index (χ4v) is 19.6. The summed E-state index contributed by atoms with van der Waals surface area (Å²) in [5.74, 6) is 5.10. The Hall–Kier alpha value is -4.04. The maximum absolute atomic E-state index is 12.6. The predicted octanol–water partition coefficient (Wildman–Crippen LogP) is 43.4. The second kappa shape index (κ2) is 83.3. The summed E-state index contributed by atoms with van der Waals surface area (Å²) < 4.78 is 110. The number of benzene rings is 1. The van der Waals surface area contributed by atoms with Crippen LogP contribution < -0.4 is 0 Å². The smallest absolute Gasteiger partial charge is 0.425 e. The van der Waals surface area contributed by atoms with Crippen molar-refractivity contribution in [2.24, 2.45) is 84.7 Å². The predicted molar refractivity (Wildman–Crippen MR) is 660 cm³/mol. The number of carbonyl (C=O) groups is 7. The number of alkyl halides is 6. The van der Waals surface area contributed by atoms with Gasteiger partial charge in [0.2, 0.25) is 0 Å². The number of rotatable bonds is 33. The highest BCUT2D eigenvalue weighted by molar-refractivity contribution is 6.77. The maximum atomic E-state index is 12.6. The third-order valence-electron chi connectivity index (χ3n) is 28.2. The number of hydrogen-bond acceptors (Lipinski definition) is 14. The summed E-state index contributed by atoms with van der Waals surface area (Å²) in [6, 6.07) is 15.7. The number of halogens is 6. The second-order valence-electron chi connectivity index (χ2n) is 50.2. The van der Waals surface area contributed by atoms with Crippen LogP contribution in [0.3, 0.4) is 0 Å². The van der Waals surface area contributed by atoms with Crippen LogP contribution in [0, 0.1) is 84.7 Å². The third kappa shape index (κ3) is 79.8. The first-order valence-electron chi connectivity index (χ1n) is 50.9. The van der Waals surface area contributed by atoms with Crippen molar-refractivity contribution in [1.29, 1.82) is 0 Å². The largest absolute Gasteiger partial charge is 0.466 e. The summed E-state index contributed by atoms with van der Waals surface area (Å²) in [5.41, 5.74) is -4.30. The van der Waals surface area contributed by atoms with Gasteiger partial charge < -0.3 is 33.2 Å². The molecule has 4 aliphatic rings. The molecule has 0 radical (unpaired) electrons. The molecular weight excluding hydrogens is 1940 g/mol. The SMILES string of the molecule is C.C.C.C.C.C.C.C.C.C.C.C.C.C.C.C.CC1C2CC(C[Si](C)(C)C)C(C2)C1C.CCC(C)(C(=O)OC(C)(C)C)C(F)(F)F.CCC(C)(C)C(=O)OC(C)(C)C1CCCCC1.CCC(C)(C)C(=O)OC(C)C(F)(F)F.CCC(C)(C)C(=O)OC1CCC(C(C)(C)C)CC1.CCC(C)(C)C(=O)OCCC[Si](C)(C)C.CCC(C)(C)C(=O)OCCC[Si](C)(C)C.CCC(C)(C)C(=O)OCC[Si](C)(C)C.CCC(C)c1ccccc1. The average Bonchev–Trinajstić information content (AvgIpc) is 1.62. The molecule has 0 N–H and O–H groups in total. The minimum Gasteiger partial charge on any atom is -0.466 e.